The fraction of sp³-hybridized carbons (Fsp3) is 0.500. The largest absolute Gasteiger partial charge is 0.374 e. The highest BCUT2D eigenvalue weighted by atomic mass is 32.2. The van der Waals surface area contributed by atoms with Crippen molar-refractivity contribution in [2.45, 2.75) is 12.1 Å². The molecule has 1 aromatic rings. The summed E-state index contributed by atoms with van der Waals surface area (Å²) in [4.78, 5) is 3.95. The third-order valence-electron chi connectivity index (χ3n) is 0.697. The zero-order valence-electron chi connectivity index (χ0n) is 5.00. The predicted octanol–water partition coefficient (Wildman–Crippen LogP) is 1.23. The van der Waals surface area contributed by atoms with Gasteiger partial charge in [0.05, 0.1) is 0 Å². The van der Waals surface area contributed by atoms with Crippen LogP contribution in [0.4, 0.5) is 5.13 Å². The fourth-order valence-corrected chi connectivity index (χ4v) is 1.55. The summed E-state index contributed by atoms with van der Waals surface area (Å²) in [6.45, 7) is 2.06. The molecule has 3 nitrogen and oxygen atoms in total. The Morgan fingerprint density at radius 3 is 3.00 bits per heavy atom. The Labute approximate surface area is 61.8 Å². The van der Waals surface area contributed by atoms with Crippen molar-refractivity contribution in [3.8, 4) is 0 Å². The molecule has 5 heteroatoms. The zero-order chi connectivity index (χ0) is 6.69. The summed E-state index contributed by atoms with van der Waals surface area (Å²) in [7, 11) is 0. The van der Waals surface area contributed by atoms with Crippen LogP contribution in [0.1, 0.15) is 6.92 Å². The lowest BCUT2D eigenvalue weighted by atomic mass is 11.0. The molecule has 0 fully saturated rings. The molecule has 0 radical (unpaired) electrons. The van der Waals surface area contributed by atoms with Crippen LogP contribution in [0.25, 0.3) is 0 Å². The third kappa shape index (κ3) is 1.83. The van der Waals surface area contributed by atoms with Crippen LogP contribution in [0.2, 0.25) is 0 Å². The molecule has 0 aromatic carbocycles. The highest BCUT2D eigenvalue weighted by Crippen LogP contribution is 2.16. The van der Waals surface area contributed by atoms with Crippen molar-refractivity contribution in [2.24, 2.45) is 0 Å². The van der Waals surface area contributed by atoms with Gasteiger partial charge in [-0.2, -0.15) is 9.36 Å². The van der Waals surface area contributed by atoms with E-state index in [4.69, 9.17) is 5.73 Å². The van der Waals surface area contributed by atoms with Crippen molar-refractivity contribution in [1.82, 2.24) is 9.36 Å². The number of nitrogens with two attached hydrogens (primary N) is 1. The van der Waals surface area contributed by atoms with Gasteiger partial charge < -0.3 is 5.73 Å². The summed E-state index contributed by atoms with van der Waals surface area (Å²) < 4.78 is 3.97. The van der Waals surface area contributed by atoms with Crippen molar-refractivity contribution in [3.63, 3.8) is 0 Å². The van der Waals surface area contributed by atoms with E-state index in [0.717, 1.165) is 10.9 Å². The van der Waals surface area contributed by atoms with Gasteiger partial charge in [-0.25, -0.2) is 0 Å². The maximum Gasteiger partial charge on any atom is 0.201 e. The maximum atomic E-state index is 5.34. The molecule has 0 amide bonds. The number of rotatable bonds is 2. The first-order chi connectivity index (χ1) is 4.33. The first-order valence-electron chi connectivity index (χ1n) is 2.55. The van der Waals surface area contributed by atoms with Gasteiger partial charge in [-0.05, 0) is 5.75 Å². The van der Waals surface area contributed by atoms with E-state index in [1.807, 2.05) is 0 Å². The summed E-state index contributed by atoms with van der Waals surface area (Å²) in [6.07, 6.45) is 0. The van der Waals surface area contributed by atoms with Crippen LogP contribution in [0.5, 0.6) is 0 Å². The third-order valence-corrected chi connectivity index (χ3v) is 2.08. The normalized spacial score (nSPS) is 9.89. The molecule has 0 aliphatic carbocycles. The molecule has 1 rings (SSSR count). The van der Waals surface area contributed by atoms with Gasteiger partial charge in [0.15, 0.2) is 0 Å². The van der Waals surface area contributed by atoms with Crippen LogP contribution in [-0.2, 0) is 0 Å². The summed E-state index contributed by atoms with van der Waals surface area (Å²) in [6, 6.07) is 0. The lowest BCUT2D eigenvalue weighted by Gasteiger charge is -1.83. The molecule has 1 heterocycles. The van der Waals surface area contributed by atoms with Crippen LogP contribution in [0.15, 0.2) is 5.16 Å². The van der Waals surface area contributed by atoms with E-state index in [-0.39, 0.29) is 0 Å². The minimum absolute atomic E-state index is 0.547. The average molecular weight is 161 g/mol. The number of aromatic nitrogens is 2. The van der Waals surface area contributed by atoms with E-state index in [1.54, 1.807) is 11.8 Å². The Morgan fingerprint density at radius 2 is 2.56 bits per heavy atom. The molecule has 0 saturated carbocycles. The summed E-state index contributed by atoms with van der Waals surface area (Å²) >= 11 is 2.84. The number of hydrogen-bond donors (Lipinski definition) is 1. The zero-order valence-corrected chi connectivity index (χ0v) is 6.63. The van der Waals surface area contributed by atoms with E-state index in [9.17, 15) is 0 Å². The molecule has 0 aliphatic rings. The van der Waals surface area contributed by atoms with Crippen molar-refractivity contribution >= 4 is 28.4 Å². The van der Waals surface area contributed by atoms with Crippen LogP contribution >= 0.6 is 23.3 Å². The second-order valence-corrected chi connectivity index (χ2v) is 3.36. The fourth-order valence-electron chi connectivity index (χ4n) is 0.409. The Balaban J connectivity index is 2.61. The predicted molar refractivity (Wildman–Crippen MR) is 40.7 cm³/mol. The standard InChI is InChI=1S/C4H7N3S2/c1-2-8-4-6-3(5)9-7-4/h2H2,1H3,(H2,5,6,7). The Morgan fingerprint density at radius 1 is 1.78 bits per heavy atom. The van der Waals surface area contributed by atoms with E-state index in [2.05, 4.69) is 16.3 Å². The molecule has 0 saturated heterocycles. The highest BCUT2D eigenvalue weighted by molar-refractivity contribution is 7.99. The molecule has 9 heavy (non-hydrogen) atoms. The van der Waals surface area contributed by atoms with Gasteiger partial charge in [0.1, 0.15) is 0 Å². The van der Waals surface area contributed by atoms with Crippen LogP contribution in [0, 0.1) is 0 Å². The van der Waals surface area contributed by atoms with Crippen molar-refractivity contribution < 1.29 is 0 Å². The van der Waals surface area contributed by atoms with Crippen LogP contribution < -0.4 is 5.73 Å². The minimum atomic E-state index is 0.547. The lowest BCUT2D eigenvalue weighted by molar-refractivity contribution is 1.08. The summed E-state index contributed by atoms with van der Waals surface area (Å²) in [5, 5.41) is 1.34. The molecule has 2 N–H and O–H groups in total. The van der Waals surface area contributed by atoms with E-state index >= 15 is 0 Å². The second kappa shape index (κ2) is 3.03. The molecular formula is C4H7N3S2. The van der Waals surface area contributed by atoms with Gasteiger partial charge in [0, 0.05) is 11.5 Å². The summed E-state index contributed by atoms with van der Waals surface area (Å²) in [5.74, 6) is 0.996. The number of hydrogen-bond acceptors (Lipinski definition) is 5. The first kappa shape index (κ1) is 6.82. The van der Waals surface area contributed by atoms with Gasteiger partial charge in [0.2, 0.25) is 10.3 Å². The Hall–Kier alpha value is -0.290. The van der Waals surface area contributed by atoms with Crippen molar-refractivity contribution in [1.29, 1.82) is 0 Å². The molecule has 1 aromatic heterocycles. The smallest absolute Gasteiger partial charge is 0.201 e. The molecule has 0 aliphatic heterocycles. The van der Waals surface area contributed by atoms with E-state index < -0.39 is 0 Å². The van der Waals surface area contributed by atoms with Crippen LogP contribution in [-0.4, -0.2) is 15.1 Å². The maximum absolute atomic E-state index is 5.34. The Kier molecular flexibility index (Phi) is 2.29. The molecular weight excluding hydrogens is 154 g/mol. The second-order valence-electron chi connectivity index (χ2n) is 1.35. The summed E-state index contributed by atoms with van der Waals surface area (Å²) in [5.41, 5.74) is 5.34. The van der Waals surface area contributed by atoms with E-state index in [1.165, 1.54) is 11.5 Å². The number of nitrogens with zero attached hydrogens (tertiary/aromatic N) is 2. The molecule has 0 atom stereocenters. The van der Waals surface area contributed by atoms with Crippen molar-refractivity contribution in [3.05, 3.63) is 0 Å². The number of anilines is 1. The monoisotopic (exact) mass is 161 g/mol. The van der Waals surface area contributed by atoms with Gasteiger partial charge in [0.25, 0.3) is 0 Å². The highest BCUT2D eigenvalue weighted by Gasteiger charge is 1.97. The SMILES string of the molecule is CCSc1nsc(N)n1. The van der Waals surface area contributed by atoms with Gasteiger partial charge in [-0.3, -0.25) is 0 Å². The molecule has 0 bridgehead atoms. The minimum Gasteiger partial charge on any atom is -0.374 e. The Bertz CT molecular complexity index is 186. The van der Waals surface area contributed by atoms with Gasteiger partial charge in [-0.15, -0.1) is 0 Å². The van der Waals surface area contributed by atoms with E-state index in [0.29, 0.717) is 5.13 Å². The topological polar surface area (TPSA) is 51.8 Å². The van der Waals surface area contributed by atoms with Crippen LogP contribution in [0.3, 0.4) is 0 Å². The van der Waals surface area contributed by atoms with Gasteiger partial charge >= 0.3 is 0 Å². The number of thioether (sulfide) groups is 1. The van der Waals surface area contributed by atoms with Crippen molar-refractivity contribution in [2.75, 3.05) is 11.5 Å². The molecule has 50 valence electrons. The first-order valence-corrected chi connectivity index (χ1v) is 4.31. The average Bonchev–Trinajstić information content (AvgIpc) is 2.17. The molecule has 0 unspecified atom stereocenters. The number of nitrogen functional groups attached to an aromatic ring is 1. The lowest BCUT2D eigenvalue weighted by Crippen LogP contribution is -1.81. The quantitative estimate of drug-likeness (QED) is 0.663. The molecule has 0 spiro atoms. The van der Waals surface area contributed by atoms with Gasteiger partial charge in [-0.1, -0.05) is 18.7 Å².